The second-order valence-electron chi connectivity index (χ2n) is 7.43. The quantitative estimate of drug-likeness (QED) is 0.570. The van der Waals surface area contributed by atoms with Crippen molar-refractivity contribution in [3.63, 3.8) is 0 Å². The van der Waals surface area contributed by atoms with Crippen molar-refractivity contribution in [3.8, 4) is 11.8 Å². The molecule has 8 nitrogen and oxygen atoms in total. The van der Waals surface area contributed by atoms with Gasteiger partial charge in [-0.25, -0.2) is 23.3 Å². The van der Waals surface area contributed by atoms with Crippen molar-refractivity contribution in [2.75, 3.05) is 18.8 Å². The molecule has 2 N–H and O–H groups in total. The molecule has 1 aliphatic carbocycles. The zero-order valence-electron chi connectivity index (χ0n) is 15.5. The Morgan fingerprint density at radius 1 is 1.29 bits per heavy atom. The third kappa shape index (κ3) is 4.13. The Hall–Kier alpha value is -2.57. The molecule has 9 heteroatoms. The van der Waals surface area contributed by atoms with Crippen molar-refractivity contribution in [3.05, 3.63) is 35.4 Å². The Bertz CT molecular complexity index is 929. The minimum absolute atomic E-state index is 0.0457. The Morgan fingerprint density at radius 2 is 2.04 bits per heavy atom. The lowest BCUT2D eigenvalue weighted by Crippen LogP contribution is -2.51. The summed E-state index contributed by atoms with van der Waals surface area (Å²) in [6, 6.07) is -0.547. The van der Waals surface area contributed by atoms with Crippen LogP contribution < -0.4 is 10.6 Å². The molecule has 1 aromatic rings. The number of carbonyl (C=O) groups is 2. The van der Waals surface area contributed by atoms with Crippen molar-refractivity contribution in [2.45, 2.75) is 37.6 Å². The van der Waals surface area contributed by atoms with E-state index in [0.29, 0.717) is 25.4 Å². The van der Waals surface area contributed by atoms with Crippen molar-refractivity contribution in [2.24, 2.45) is 0 Å². The van der Waals surface area contributed by atoms with Crippen molar-refractivity contribution < 1.29 is 13.8 Å². The SMILES string of the molecule is C[C@]1(CS(=O)N2CC=C(C#Cc3cnc(C4CC4)nc3)CC2)NC(=O)NC1=O. The van der Waals surface area contributed by atoms with E-state index in [0.717, 1.165) is 17.0 Å². The highest BCUT2D eigenvalue weighted by Crippen LogP contribution is 2.37. The molecule has 4 rings (SSSR count). The predicted molar refractivity (Wildman–Crippen MR) is 103 cm³/mol. The number of amides is 3. The van der Waals surface area contributed by atoms with Crippen molar-refractivity contribution in [1.29, 1.82) is 0 Å². The number of hydrogen-bond donors (Lipinski definition) is 2. The van der Waals surface area contributed by atoms with Crippen LogP contribution in [0.25, 0.3) is 0 Å². The lowest BCUT2D eigenvalue weighted by Gasteiger charge is -2.27. The lowest BCUT2D eigenvalue weighted by molar-refractivity contribution is -0.122. The van der Waals surface area contributed by atoms with E-state index in [1.807, 2.05) is 6.08 Å². The maximum absolute atomic E-state index is 12.6. The van der Waals surface area contributed by atoms with E-state index in [-0.39, 0.29) is 5.75 Å². The van der Waals surface area contributed by atoms with Crippen LogP contribution in [0.5, 0.6) is 0 Å². The van der Waals surface area contributed by atoms with E-state index < -0.39 is 28.5 Å². The van der Waals surface area contributed by atoms with Gasteiger partial charge in [0.15, 0.2) is 0 Å². The molecule has 0 aromatic carbocycles. The number of nitrogens with zero attached hydrogens (tertiary/aromatic N) is 3. The highest BCUT2D eigenvalue weighted by Gasteiger charge is 2.44. The largest absolute Gasteiger partial charge is 0.323 e. The number of aromatic nitrogens is 2. The fourth-order valence-corrected chi connectivity index (χ4v) is 4.49. The topological polar surface area (TPSA) is 104 Å². The highest BCUT2D eigenvalue weighted by atomic mass is 32.2. The molecule has 1 aromatic heterocycles. The van der Waals surface area contributed by atoms with Gasteiger partial charge in [0.2, 0.25) is 0 Å². The second-order valence-corrected chi connectivity index (χ2v) is 8.88. The van der Waals surface area contributed by atoms with Crippen LogP contribution in [0, 0.1) is 11.8 Å². The first kappa shape index (κ1) is 18.8. The van der Waals surface area contributed by atoms with Gasteiger partial charge in [0.1, 0.15) is 11.4 Å². The molecule has 2 fully saturated rings. The van der Waals surface area contributed by atoms with Gasteiger partial charge in [-0.1, -0.05) is 17.9 Å². The van der Waals surface area contributed by atoms with E-state index in [4.69, 9.17) is 0 Å². The molecular formula is C19H21N5O3S. The number of rotatable bonds is 4. The Kier molecular flexibility index (Phi) is 5.00. The summed E-state index contributed by atoms with van der Waals surface area (Å²) in [6.45, 7) is 2.65. The third-order valence-electron chi connectivity index (χ3n) is 4.97. The molecule has 2 aliphatic heterocycles. The van der Waals surface area contributed by atoms with Crippen molar-refractivity contribution in [1.82, 2.24) is 24.9 Å². The van der Waals surface area contributed by atoms with Crippen LogP contribution in [0.1, 0.15) is 43.5 Å². The van der Waals surface area contributed by atoms with Gasteiger partial charge in [0.05, 0.1) is 22.3 Å². The van der Waals surface area contributed by atoms with E-state index in [9.17, 15) is 13.8 Å². The van der Waals surface area contributed by atoms with Crippen LogP contribution in [-0.2, 0) is 15.8 Å². The molecule has 146 valence electrons. The average molecular weight is 399 g/mol. The fraction of sp³-hybridized carbons (Fsp3) is 0.474. The Labute approximate surface area is 165 Å². The molecule has 3 aliphatic rings. The third-order valence-corrected chi connectivity index (χ3v) is 6.70. The molecule has 2 atom stereocenters. The summed E-state index contributed by atoms with van der Waals surface area (Å²) in [6.07, 6.45) is 8.50. The van der Waals surface area contributed by atoms with Crippen LogP contribution in [0.2, 0.25) is 0 Å². The Balaban J connectivity index is 1.33. The Morgan fingerprint density at radius 3 is 2.61 bits per heavy atom. The minimum Gasteiger partial charge on any atom is -0.323 e. The van der Waals surface area contributed by atoms with Crippen LogP contribution in [0.4, 0.5) is 4.79 Å². The first-order valence-corrected chi connectivity index (χ1v) is 10.5. The predicted octanol–water partition coefficient (Wildman–Crippen LogP) is 0.599. The molecule has 0 spiro atoms. The highest BCUT2D eigenvalue weighted by molar-refractivity contribution is 7.82. The van der Waals surface area contributed by atoms with Gasteiger partial charge in [-0.15, -0.1) is 0 Å². The molecule has 1 saturated carbocycles. The summed E-state index contributed by atoms with van der Waals surface area (Å²) in [5, 5.41) is 4.73. The smallest absolute Gasteiger partial charge is 0.322 e. The summed E-state index contributed by atoms with van der Waals surface area (Å²) in [5.74, 6) is 7.26. The second kappa shape index (κ2) is 7.45. The summed E-state index contributed by atoms with van der Waals surface area (Å²) in [4.78, 5) is 31.9. The summed E-state index contributed by atoms with van der Waals surface area (Å²) in [7, 11) is -1.38. The zero-order chi connectivity index (χ0) is 19.7. The standard InChI is InChI=1S/C19H21N5O3S/c1-19(17(25)22-18(26)23-19)12-28(27)24-8-6-13(7-9-24)2-3-14-10-20-16(21-11-14)15-4-5-15/h6,10-11,15H,4-5,7-9,12H2,1H3,(H2,22,23,25,26)/t19-,28?/m1/s1. The maximum atomic E-state index is 12.6. The van der Waals surface area contributed by atoms with Crippen molar-refractivity contribution >= 4 is 22.9 Å². The molecule has 3 amide bonds. The van der Waals surface area contributed by atoms with Gasteiger partial charge in [0, 0.05) is 37.0 Å². The first-order valence-electron chi connectivity index (χ1n) is 9.23. The van der Waals surface area contributed by atoms with Gasteiger partial charge in [-0.2, -0.15) is 0 Å². The van der Waals surface area contributed by atoms with Gasteiger partial charge in [0.25, 0.3) is 5.91 Å². The van der Waals surface area contributed by atoms with Crippen LogP contribution >= 0.6 is 0 Å². The minimum atomic E-state index is -1.38. The monoisotopic (exact) mass is 399 g/mol. The fourth-order valence-electron chi connectivity index (χ4n) is 3.08. The van der Waals surface area contributed by atoms with Gasteiger partial charge >= 0.3 is 6.03 Å². The molecule has 28 heavy (non-hydrogen) atoms. The number of nitrogens with one attached hydrogen (secondary N) is 2. The number of urea groups is 1. The molecule has 1 unspecified atom stereocenters. The molecule has 0 bridgehead atoms. The normalized spacial score (nSPS) is 26.0. The maximum Gasteiger partial charge on any atom is 0.322 e. The van der Waals surface area contributed by atoms with E-state index in [1.165, 1.54) is 12.8 Å². The van der Waals surface area contributed by atoms with Gasteiger partial charge < -0.3 is 5.32 Å². The lowest BCUT2D eigenvalue weighted by atomic mass is 10.1. The molecule has 3 heterocycles. The molecule has 1 saturated heterocycles. The number of hydrogen-bond acceptors (Lipinski definition) is 5. The van der Waals surface area contributed by atoms with E-state index >= 15 is 0 Å². The average Bonchev–Trinajstić information content (AvgIpc) is 3.48. The molecule has 0 radical (unpaired) electrons. The zero-order valence-corrected chi connectivity index (χ0v) is 16.3. The van der Waals surface area contributed by atoms with Crippen LogP contribution in [-0.4, -0.2) is 54.8 Å². The number of carbonyl (C=O) groups excluding carboxylic acids is 2. The summed E-state index contributed by atoms with van der Waals surface area (Å²) >= 11 is 0. The van der Waals surface area contributed by atoms with E-state index in [2.05, 4.69) is 32.4 Å². The first-order chi connectivity index (χ1) is 13.4. The molecular weight excluding hydrogens is 378 g/mol. The van der Waals surface area contributed by atoms with Crippen LogP contribution in [0.15, 0.2) is 24.0 Å². The van der Waals surface area contributed by atoms with Gasteiger partial charge in [-0.3, -0.25) is 10.1 Å². The van der Waals surface area contributed by atoms with E-state index in [1.54, 1.807) is 23.6 Å². The number of imide groups is 1. The van der Waals surface area contributed by atoms with Gasteiger partial charge in [-0.05, 0) is 26.2 Å². The summed E-state index contributed by atoms with van der Waals surface area (Å²) in [5.41, 5.74) is 0.628. The van der Waals surface area contributed by atoms with Crippen LogP contribution in [0.3, 0.4) is 0 Å². The summed E-state index contributed by atoms with van der Waals surface area (Å²) < 4.78 is 14.4.